The molecule has 2 aliphatic rings. The maximum atomic E-state index is 12.1. The van der Waals surface area contributed by atoms with Gasteiger partial charge in [0.1, 0.15) is 5.60 Å². The number of hydrazine groups is 1. The molecule has 1 aliphatic heterocycles. The van der Waals surface area contributed by atoms with Crippen molar-refractivity contribution < 1.29 is 22.7 Å². The molecule has 1 aromatic carbocycles. The lowest BCUT2D eigenvalue weighted by atomic mass is 9.72. The fourth-order valence-electron chi connectivity index (χ4n) is 4.08. The third kappa shape index (κ3) is 6.09. The van der Waals surface area contributed by atoms with Gasteiger partial charge in [-0.25, -0.2) is 14.9 Å². The van der Waals surface area contributed by atoms with Crippen LogP contribution in [0.3, 0.4) is 0 Å². The Kier molecular flexibility index (Phi) is 6.56. The van der Waals surface area contributed by atoms with Crippen molar-refractivity contribution in [3.8, 4) is 0 Å². The first-order chi connectivity index (χ1) is 14.0. The zero-order valence-corrected chi connectivity index (χ0v) is 18.3. The summed E-state index contributed by atoms with van der Waals surface area (Å²) in [5.41, 5.74) is 6.49. The molecule has 0 spiro atoms. The van der Waals surface area contributed by atoms with Crippen LogP contribution in [-0.4, -0.2) is 32.1 Å². The number of benzene rings is 1. The molecule has 1 aromatic rings. The van der Waals surface area contributed by atoms with E-state index >= 15 is 0 Å². The number of amides is 2. The molecule has 30 heavy (non-hydrogen) atoms. The molecule has 0 bridgehead atoms. The van der Waals surface area contributed by atoms with Crippen molar-refractivity contribution in [1.29, 1.82) is 0 Å². The summed E-state index contributed by atoms with van der Waals surface area (Å²) in [4.78, 5) is 23.8. The van der Waals surface area contributed by atoms with Crippen LogP contribution in [0.15, 0.2) is 24.3 Å². The number of carbonyl (C=O) groups excluding carboxylic acids is 2. The van der Waals surface area contributed by atoms with Crippen LogP contribution in [0.25, 0.3) is 0 Å². The van der Waals surface area contributed by atoms with Gasteiger partial charge in [-0.05, 0) is 63.6 Å². The normalized spacial score (nSPS) is 24.4. The number of hydrogen-bond donors (Lipinski definition) is 4. The lowest BCUT2D eigenvalue weighted by Crippen LogP contribution is -2.60. The largest absolute Gasteiger partial charge is 0.443 e. The maximum absolute atomic E-state index is 12.1. The van der Waals surface area contributed by atoms with Crippen LogP contribution in [0, 0.1) is 11.8 Å². The lowest BCUT2D eigenvalue weighted by molar-refractivity contribution is -0.133. The van der Waals surface area contributed by atoms with Crippen LogP contribution in [0.1, 0.15) is 52.0 Å². The summed E-state index contributed by atoms with van der Waals surface area (Å²) in [6.07, 6.45) is 3.87. The van der Waals surface area contributed by atoms with Crippen LogP contribution in [0.5, 0.6) is 0 Å². The van der Waals surface area contributed by atoms with Crippen molar-refractivity contribution in [2.75, 3.05) is 4.72 Å². The van der Waals surface area contributed by atoms with Gasteiger partial charge in [-0.15, -0.1) is 0 Å². The maximum Gasteiger partial charge on any atom is 0.422 e. The SMILES string of the molecule is CC(C)(C)OC(=O)NS(=O)(=O)Nc1ccc(CC2NNC(=O)C3CCCCC23)cc1. The quantitative estimate of drug-likeness (QED) is 0.559. The van der Waals surface area contributed by atoms with Crippen molar-refractivity contribution in [3.05, 3.63) is 29.8 Å². The highest BCUT2D eigenvalue weighted by molar-refractivity contribution is 7.91. The van der Waals surface area contributed by atoms with E-state index in [-0.39, 0.29) is 17.9 Å². The molecule has 166 valence electrons. The molecule has 0 radical (unpaired) electrons. The Morgan fingerprint density at radius 2 is 1.83 bits per heavy atom. The smallest absolute Gasteiger partial charge is 0.422 e. The Labute approximate surface area is 177 Å². The van der Waals surface area contributed by atoms with E-state index in [0.29, 0.717) is 11.6 Å². The number of fused-ring (bicyclic) bond motifs is 1. The molecule has 3 atom stereocenters. The van der Waals surface area contributed by atoms with E-state index in [1.165, 1.54) is 0 Å². The third-order valence-corrected chi connectivity index (χ3v) is 6.27. The first-order valence-corrected chi connectivity index (χ1v) is 11.7. The molecule has 1 saturated carbocycles. The van der Waals surface area contributed by atoms with E-state index in [2.05, 4.69) is 15.6 Å². The monoisotopic (exact) mass is 438 g/mol. The fourth-order valence-corrected chi connectivity index (χ4v) is 4.84. The molecule has 3 rings (SSSR count). The zero-order valence-electron chi connectivity index (χ0n) is 17.5. The lowest BCUT2D eigenvalue weighted by Gasteiger charge is -2.41. The summed E-state index contributed by atoms with van der Waals surface area (Å²) in [6.45, 7) is 4.94. The summed E-state index contributed by atoms with van der Waals surface area (Å²) in [5.74, 6) is 0.455. The van der Waals surface area contributed by atoms with Crippen molar-refractivity contribution in [2.24, 2.45) is 11.8 Å². The van der Waals surface area contributed by atoms with E-state index in [4.69, 9.17) is 4.74 Å². The highest BCUT2D eigenvalue weighted by atomic mass is 32.2. The molecule has 1 saturated heterocycles. The Balaban J connectivity index is 1.58. The molecular formula is C20H30N4O5S. The Morgan fingerprint density at radius 1 is 1.17 bits per heavy atom. The van der Waals surface area contributed by atoms with Crippen molar-refractivity contribution >= 4 is 27.9 Å². The molecule has 2 amide bonds. The predicted molar refractivity (Wildman–Crippen MR) is 113 cm³/mol. The highest BCUT2D eigenvalue weighted by Crippen LogP contribution is 2.35. The number of hydrogen-bond acceptors (Lipinski definition) is 6. The van der Waals surface area contributed by atoms with Gasteiger partial charge in [0.25, 0.3) is 0 Å². The molecule has 1 heterocycles. The molecule has 9 nitrogen and oxygen atoms in total. The number of anilines is 1. The number of carbonyl (C=O) groups is 2. The van der Waals surface area contributed by atoms with Crippen LogP contribution in [0.2, 0.25) is 0 Å². The summed E-state index contributed by atoms with van der Waals surface area (Å²) < 4.78 is 33.3. The Hall–Kier alpha value is -2.33. The van der Waals surface area contributed by atoms with Gasteiger partial charge in [0.2, 0.25) is 5.91 Å². The molecule has 3 unspecified atom stereocenters. The van der Waals surface area contributed by atoms with E-state index in [1.54, 1.807) is 32.9 Å². The minimum atomic E-state index is -4.10. The minimum absolute atomic E-state index is 0.0648. The van der Waals surface area contributed by atoms with Crippen molar-refractivity contribution in [2.45, 2.75) is 64.5 Å². The first kappa shape index (κ1) is 22.4. The molecule has 2 fully saturated rings. The number of nitrogens with one attached hydrogen (secondary N) is 4. The minimum Gasteiger partial charge on any atom is -0.443 e. The van der Waals surface area contributed by atoms with Gasteiger partial charge in [0.05, 0.1) is 5.69 Å². The standard InChI is InChI=1S/C20H30N4O5S/c1-20(2,3)29-19(26)24-30(27,28)23-14-10-8-13(9-11-14)12-17-15-6-4-5-7-16(15)18(25)22-21-17/h8-11,15-17,21,23H,4-7,12H2,1-3H3,(H,22,25)(H,24,26). The van der Waals surface area contributed by atoms with E-state index in [0.717, 1.165) is 37.7 Å². The van der Waals surface area contributed by atoms with E-state index in [9.17, 15) is 18.0 Å². The number of ether oxygens (including phenoxy) is 1. The summed E-state index contributed by atoms with van der Waals surface area (Å²) >= 11 is 0. The molecule has 4 N–H and O–H groups in total. The molecule has 1 aliphatic carbocycles. The molecule has 0 aromatic heterocycles. The topological polar surface area (TPSA) is 126 Å². The van der Waals surface area contributed by atoms with Crippen LogP contribution >= 0.6 is 0 Å². The van der Waals surface area contributed by atoms with Gasteiger partial charge < -0.3 is 4.74 Å². The van der Waals surface area contributed by atoms with Gasteiger partial charge in [-0.1, -0.05) is 25.0 Å². The van der Waals surface area contributed by atoms with Crippen molar-refractivity contribution in [1.82, 2.24) is 15.6 Å². The Bertz CT molecular complexity index is 879. The van der Waals surface area contributed by atoms with Gasteiger partial charge in [-0.2, -0.15) is 8.42 Å². The second-order valence-corrected chi connectivity index (χ2v) is 10.3. The average molecular weight is 439 g/mol. The summed E-state index contributed by atoms with van der Waals surface area (Å²) in [7, 11) is -4.10. The second kappa shape index (κ2) is 8.81. The van der Waals surface area contributed by atoms with Gasteiger partial charge >= 0.3 is 16.3 Å². The van der Waals surface area contributed by atoms with E-state index < -0.39 is 21.9 Å². The average Bonchev–Trinajstić information content (AvgIpc) is 2.63. The Morgan fingerprint density at radius 3 is 2.50 bits per heavy atom. The van der Waals surface area contributed by atoms with Crippen LogP contribution in [-0.2, 0) is 26.2 Å². The highest BCUT2D eigenvalue weighted by Gasteiger charge is 2.39. The summed E-state index contributed by atoms with van der Waals surface area (Å²) in [5, 5.41) is 0. The number of rotatable bonds is 5. The second-order valence-electron chi connectivity index (χ2n) is 8.91. The fraction of sp³-hybridized carbons (Fsp3) is 0.600. The van der Waals surface area contributed by atoms with Crippen LogP contribution in [0.4, 0.5) is 10.5 Å². The summed E-state index contributed by atoms with van der Waals surface area (Å²) in [6, 6.07) is 7.10. The van der Waals surface area contributed by atoms with Crippen LogP contribution < -0.4 is 20.3 Å². The molecular weight excluding hydrogens is 408 g/mol. The first-order valence-electron chi connectivity index (χ1n) is 10.2. The zero-order chi connectivity index (χ0) is 21.9. The predicted octanol–water partition coefficient (Wildman–Crippen LogP) is 2.22. The van der Waals surface area contributed by atoms with Gasteiger partial charge in [-0.3, -0.25) is 14.9 Å². The van der Waals surface area contributed by atoms with Crippen molar-refractivity contribution in [3.63, 3.8) is 0 Å². The third-order valence-electron chi connectivity index (χ3n) is 5.33. The van der Waals surface area contributed by atoms with Gasteiger partial charge in [0, 0.05) is 12.0 Å². The molecule has 10 heteroatoms. The van der Waals surface area contributed by atoms with Gasteiger partial charge in [0.15, 0.2) is 0 Å². The van der Waals surface area contributed by atoms with E-state index in [1.807, 2.05) is 16.9 Å².